The summed E-state index contributed by atoms with van der Waals surface area (Å²) in [6, 6.07) is 0.637. The molecule has 1 heterocycles. The number of rotatable bonds is 4. The Balaban J connectivity index is 1.52. The molecule has 0 radical (unpaired) electrons. The van der Waals surface area contributed by atoms with Crippen molar-refractivity contribution in [1.29, 1.82) is 0 Å². The van der Waals surface area contributed by atoms with Gasteiger partial charge in [0.05, 0.1) is 6.10 Å². The van der Waals surface area contributed by atoms with Gasteiger partial charge in [-0.15, -0.1) is 0 Å². The molecule has 2 rings (SSSR count). The molecule has 2 fully saturated rings. The van der Waals surface area contributed by atoms with Crippen LogP contribution in [0.25, 0.3) is 0 Å². The summed E-state index contributed by atoms with van der Waals surface area (Å²) in [6.45, 7) is 4.26. The zero-order chi connectivity index (χ0) is 8.23. The van der Waals surface area contributed by atoms with Crippen LogP contribution < -0.4 is 10.6 Å². The van der Waals surface area contributed by atoms with Crippen LogP contribution in [0.5, 0.6) is 0 Å². The van der Waals surface area contributed by atoms with Crippen molar-refractivity contribution in [3.8, 4) is 0 Å². The van der Waals surface area contributed by atoms with Crippen LogP contribution in [0.4, 0.5) is 0 Å². The molecule has 0 aromatic carbocycles. The summed E-state index contributed by atoms with van der Waals surface area (Å²) in [7, 11) is 0. The smallest absolute Gasteiger partial charge is 0.0577 e. The first-order valence-electron chi connectivity index (χ1n) is 5.01. The summed E-state index contributed by atoms with van der Waals surface area (Å²) < 4.78 is 5.59. The number of hydrogen-bond donors (Lipinski definition) is 2. The van der Waals surface area contributed by atoms with Gasteiger partial charge in [-0.05, 0) is 19.3 Å². The van der Waals surface area contributed by atoms with Crippen molar-refractivity contribution < 1.29 is 4.74 Å². The van der Waals surface area contributed by atoms with Gasteiger partial charge in [0.25, 0.3) is 0 Å². The number of nitrogens with one attached hydrogen (secondary N) is 2. The van der Waals surface area contributed by atoms with Gasteiger partial charge < -0.3 is 15.4 Å². The zero-order valence-corrected chi connectivity index (χ0v) is 7.51. The maximum Gasteiger partial charge on any atom is 0.0577 e. The molecule has 2 N–H and O–H groups in total. The lowest BCUT2D eigenvalue weighted by Gasteiger charge is -2.24. The molecule has 0 aromatic heterocycles. The average molecular weight is 170 g/mol. The Kier molecular flexibility index (Phi) is 2.98. The third kappa shape index (κ3) is 2.73. The number of piperazine rings is 1. The second-order valence-electron chi connectivity index (χ2n) is 3.71. The third-order valence-electron chi connectivity index (χ3n) is 2.47. The molecule has 12 heavy (non-hydrogen) atoms. The number of ether oxygens (including phenoxy) is 1. The van der Waals surface area contributed by atoms with Crippen molar-refractivity contribution in [2.75, 3.05) is 26.2 Å². The van der Waals surface area contributed by atoms with Crippen molar-refractivity contribution in [1.82, 2.24) is 10.6 Å². The van der Waals surface area contributed by atoms with Crippen molar-refractivity contribution in [3.63, 3.8) is 0 Å². The molecule has 1 unspecified atom stereocenters. The molecule has 1 atom stereocenters. The van der Waals surface area contributed by atoms with E-state index in [2.05, 4.69) is 10.6 Å². The van der Waals surface area contributed by atoms with Crippen molar-refractivity contribution in [3.05, 3.63) is 0 Å². The van der Waals surface area contributed by atoms with Crippen LogP contribution in [-0.2, 0) is 4.74 Å². The van der Waals surface area contributed by atoms with Crippen molar-refractivity contribution in [2.45, 2.75) is 31.4 Å². The SMILES string of the molecule is C1CNC(CCOC2CC2)CN1. The van der Waals surface area contributed by atoms with Crippen molar-refractivity contribution in [2.24, 2.45) is 0 Å². The highest BCUT2D eigenvalue weighted by Crippen LogP contribution is 2.23. The average Bonchev–Trinajstić information content (AvgIpc) is 2.90. The lowest BCUT2D eigenvalue weighted by atomic mass is 10.2. The van der Waals surface area contributed by atoms with Gasteiger partial charge in [0, 0.05) is 32.3 Å². The largest absolute Gasteiger partial charge is 0.378 e. The molecular weight excluding hydrogens is 152 g/mol. The van der Waals surface area contributed by atoms with Gasteiger partial charge in [0.15, 0.2) is 0 Å². The van der Waals surface area contributed by atoms with Gasteiger partial charge in [0.1, 0.15) is 0 Å². The van der Waals surface area contributed by atoms with E-state index in [1.165, 1.54) is 12.8 Å². The Hall–Kier alpha value is -0.120. The van der Waals surface area contributed by atoms with Crippen LogP contribution in [0, 0.1) is 0 Å². The van der Waals surface area contributed by atoms with Crippen LogP contribution >= 0.6 is 0 Å². The Bertz CT molecular complexity index is 130. The molecule has 0 amide bonds. The predicted octanol–water partition coefficient (Wildman–Crippen LogP) is 0.117. The van der Waals surface area contributed by atoms with Crippen LogP contribution in [0.2, 0.25) is 0 Å². The Morgan fingerprint density at radius 2 is 2.17 bits per heavy atom. The van der Waals surface area contributed by atoms with Crippen LogP contribution in [0.15, 0.2) is 0 Å². The molecule has 3 heteroatoms. The van der Waals surface area contributed by atoms with E-state index >= 15 is 0 Å². The maximum absolute atomic E-state index is 5.59. The summed E-state index contributed by atoms with van der Waals surface area (Å²) >= 11 is 0. The standard InChI is InChI=1S/C9H18N2O/c1-2-9(1)12-6-3-8-7-10-4-5-11-8/h8-11H,1-7H2. The minimum atomic E-state index is 0.613. The molecule has 70 valence electrons. The van der Waals surface area contributed by atoms with E-state index < -0.39 is 0 Å². The lowest BCUT2D eigenvalue weighted by Crippen LogP contribution is -2.48. The quantitative estimate of drug-likeness (QED) is 0.628. The van der Waals surface area contributed by atoms with Crippen LogP contribution in [0.1, 0.15) is 19.3 Å². The summed E-state index contributed by atoms with van der Waals surface area (Å²) in [6.07, 6.45) is 4.34. The first-order valence-corrected chi connectivity index (χ1v) is 5.01. The molecule has 1 saturated heterocycles. The van der Waals surface area contributed by atoms with Gasteiger partial charge in [-0.3, -0.25) is 0 Å². The fourth-order valence-corrected chi connectivity index (χ4v) is 1.53. The Morgan fingerprint density at radius 1 is 1.25 bits per heavy atom. The van der Waals surface area contributed by atoms with E-state index in [0.29, 0.717) is 12.1 Å². The molecule has 0 spiro atoms. The molecule has 3 nitrogen and oxygen atoms in total. The molecule has 2 aliphatic rings. The summed E-state index contributed by atoms with van der Waals surface area (Å²) in [4.78, 5) is 0. The summed E-state index contributed by atoms with van der Waals surface area (Å²) in [5.74, 6) is 0. The van der Waals surface area contributed by atoms with Crippen LogP contribution in [-0.4, -0.2) is 38.4 Å². The molecule has 0 aromatic rings. The third-order valence-corrected chi connectivity index (χ3v) is 2.47. The monoisotopic (exact) mass is 170 g/mol. The lowest BCUT2D eigenvalue weighted by molar-refractivity contribution is 0.108. The topological polar surface area (TPSA) is 33.3 Å². The highest BCUT2D eigenvalue weighted by Gasteiger charge is 2.22. The van der Waals surface area contributed by atoms with Crippen LogP contribution in [0.3, 0.4) is 0 Å². The minimum Gasteiger partial charge on any atom is -0.378 e. The van der Waals surface area contributed by atoms with E-state index in [1.54, 1.807) is 0 Å². The first-order chi connectivity index (χ1) is 5.95. The van der Waals surface area contributed by atoms with E-state index in [9.17, 15) is 0 Å². The predicted molar refractivity (Wildman–Crippen MR) is 48.3 cm³/mol. The molecule has 1 aliphatic heterocycles. The van der Waals surface area contributed by atoms with E-state index in [-0.39, 0.29) is 0 Å². The molecular formula is C9H18N2O. The fourth-order valence-electron chi connectivity index (χ4n) is 1.53. The maximum atomic E-state index is 5.59. The second-order valence-corrected chi connectivity index (χ2v) is 3.71. The fraction of sp³-hybridized carbons (Fsp3) is 1.00. The summed E-state index contributed by atoms with van der Waals surface area (Å²) in [5.41, 5.74) is 0. The highest BCUT2D eigenvalue weighted by atomic mass is 16.5. The molecule has 0 bridgehead atoms. The number of hydrogen-bond acceptors (Lipinski definition) is 3. The summed E-state index contributed by atoms with van der Waals surface area (Å²) in [5, 5.41) is 6.84. The Labute approximate surface area is 73.9 Å². The highest BCUT2D eigenvalue weighted by molar-refractivity contribution is 4.77. The van der Waals surface area contributed by atoms with E-state index in [0.717, 1.165) is 32.7 Å². The second kappa shape index (κ2) is 4.21. The Morgan fingerprint density at radius 3 is 2.83 bits per heavy atom. The zero-order valence-electron chi connectivity index (χ0n) is 7.51. The van der Waals surface area contributed by atoms with Gasteiger partial charge in [-0.1, -0.05) is 0 Å². The molecule has 1 aliphatic carbocycles. The first kappa shape index (κ1) is 8.48. The van der Waals surface area contributed by atoms with Crippen molar-refractivity contribution >= 4 is 0 Å². The van der Waals surface area contributed by atoms with Gasteiger partial charge >= 0.3 is 0 Å². The van der Waals surface area contributed by atoms with Gasteiger partial charge in [0.2, 0.25) is 0 Å². The molecule has 1 saturated carbocycles. The van der Waals surface area contributed by atoms with E-state index in [1.807, 2.05) is 0 Å². The normalized spacial score (nSPS) is 30.5. The van der Waals surface area contributed by atoms with E-state index in [4.69, 9.17) is 4.74 Å². The van der Waals surface area contributed by atoms with Gasteiger partial charge in [-0.2, -0.15) is 0 Å². The minimum absolute atomic E-state index is 0.613. The van der Waals surface area contributed by atoms with Gasteiger partial charge in [-0.25, -0.2) is 0 Å².